The zero-order chi connectivity index (χ0) is 13.5. The van der Waals surface area contributed by atoms with E-state index >= 15 is 0 Å². The third-order valence-electron chi connectivity index (χ3n) is 2.78. The Kier molecular flexibility index (Phi) is 5.78. The number of nitrogens with zero attached hydrogens (tertiary/aromatic N) is 1. The molecule has 2 N–H and O–H groups in total. The molecule has 2 atom stereocenters. The summed E-state index contributed by atoms with van der Waals surface area (Å²) in [5, 5.41) is 6.20. The summed E-state index contributed by atoms with van der Waals surface area (Å²) in [6, 6.07) is 3.84. The second kappa shape index (κ2) is 7.11. The molecule has 0 aliphatic carbocycles. The Bertz CT molecular complexity index is 365. The van der Waals surface area contributed by atoms with E-state index in [4.69, 9.17) is 0 Å². The van der Waals surface area contributed by atoms with E-state index in [0.717, 1.165) is 5.56 Å². The van der Waals surface area contributed by atoms with Crippen molar-refractivity contribution in [2.45, 2.75) is 39.8 Å². The van der Waals surface area contributed by atoms with E-state index in [1.165, 1.54) is 0 Å². The van der Waals surface area contributed by atoms with Gasteiger partial charge in [0.2, 0.25) is 5.91 Å². The largest absolute Gasteiger partial charge is 0.354 e. The van der Waals surface area contributed by atoms with Crippen LogP contribution in [0.3, 0.4) is 0 Å². The Morgan fingerprint density at radius 2 is 1.83 bits per heavy atom. The quantitative estimate of drug-likeness (QED) is 0.809. The molecule has 0 radical (unpaired) electrons. The van der Waals surface area contributed by atoms with Gasteiger partial charge in [0.15, 0.2) is 0 Å². The molecule has 100 valence electrons. The predicted octanol–water partition coefficient (Wildman–Crippen LogP) is 1.89. The molecule has 1 aromatic rings. The lowest BCUT2D eigenvalue weighted by Crippen LogP contribution is -2.44. The first-order chi connectivity index (χ1) is 8.50. The Labute approximate surface area is 109 Å². The van der Waals surface area contributed by atoms with Crippen LogP contribution in [0, 0.1) is 5.92 Å². The number of hydrogen-bond donors (Lipinski definition) is 2. The molecule has 0 spiro atoms. The summed E-state index contributed by atoms with van der Waals surface area (Å²) >= 11 is 0. The minimum atomic E-state index is -0.202. The molecule has 1 amide bonds. The van der Waals surface area contributed by atoms with Crippen LogP contribution in [-0.4, -0.2) is 23.5 Å². The van der Waals surface area contributed by atoms with Crippen LogP contribution in [0.15, 0.2) is 24.5 Å². The van der Waals surface area contributed by atoms with Crippen molar-refractivity contribution in [3.8, 4) is 0 Å². The molecule has 4 nitrogen and oxygen atoms in total. The van der Waals surface area contributed by atoms with Crippen LogP contribution in [0.1, 0.15) is 39.3 Å². The van der Waals surface area contributed by atoms with Gasteiger partial charge in [0.05, 0.1) is 6.04 Å². The SMILES string of the molecule is CC(C)CNC(=O)C(C)N[C@@H](C)c1ccncc1. The number of rotatable bonds is 6. The lowest BCUT2D eigenvalue weighted by atomic mass is 10.1. The van der Waals surface area contributed by atoms with Crippen molar-refractivity contribution in [3.63, 3.8) is 0 Å². The summed E-state index contributed by atoms with van der Waals surface area (Å²) in [5.74, 6) is 0.517. The van der Waals surface area contributed by atoms with Crippen molar-refractivity contribution in [2.75, 3.05) is 6.54 Å². The number of carbonyl (C=O) groups is 1. The summed E-state index contributed by atoms with van der Waals surface area (Å²) in [6.07, 6.45) is 3.52. The lowest BCUT2D eigenvalue weighted by Gasteiger charge is -2.20. The molecule has 0 aliphatic rings. The molecular weight excluding hydrogens is 226 g/mol. The molecule has 1 rings (SSSR count). The second-order valence-corrected chi connectivity index (χ2v) is 5.03. The molecule has 0 bridgehead atoms. The summed E-state index contributed by atoms with van der Waals surface area (Å²) in [4.78, 5) is 15.8. The first kappa shape index (κ1) is 14.6. The topological polar surface area (TPSA) is 54.0 Å². The van der Waals surface area contributed by atoms with E-state index in [1.54, 1.807) is 12.4 Å². The van der Waals surface area contributed by atoms with Crippen molar-refractivity contribution >= 4 is 5.91 Å². The van der Waals surface area contributed by atoms with Crippen molar-refractivity contribution in [3.05, 3.63) is 30.1 Å². The molecule has 1 aromatic heterocycles. The van der Waals surface area contributed by atoms with Gasteiger partial charge in [-0.05, 0) is 37.5 Å². The van der Waals surface area contributed by atoms with Gasteiger partial charge in [-0.25, -0.2) is 0 Å². The minimum absolute atomic E-state index is 0.0459. The highest BCUT2D eigenvalue weighted by atomic mass is 16.2. The average molecular weight is 249 g/mol. The van der Waals surface area contributed by atoms with Gasteiger partial charge in [-0.2, -0.15) is 0 Å². The molecule has 1 heterocycles. The van der Waals surface area contributed by atoms with Crippen LogP contribution in [-0.2, 0) is 4.79 Å². The highest BCUT2D eigenvalue weighted by Gasteiger charge is 2.15. The normalized spacial score (nSPS) is 14.3. The third kappa shape index (κ3) is 4.84. The van der Waals surface area contributed by atoms with Crippen LogP contribution in [0.25, 0.3) is 0 Å². The van der Waals surface area contributed by atoms with Crippen LogP contribution < -0.4 is 10.6 Å². The van der Waals surface area contributed by atoms with Gasteiger partial charge in [-0.1, -0.05) is 13.8 Å². The lowest BCUT2D eigenvalue weighted by molar-refractivity contribution is -0.123. The molecule has 0 aliphatic heterocycles. The number of aromatic nitrogens is 1. The van der Waals surface area contributed by atoms with E-state index in [-0.39, 0.29) is 18.0 Å². The fourth-order valence-corrected chi connectivity index (χ4v) is 1.66. The van der Waals surface area contributed by atoms with Crippen molar-refractivity contribution in [1.29, 1.82) is 0 Å². The van der Waals surface area contributed by atoms with Gasteiger partial charge in [0.25, 0.3) is 0 Å². The van der Waals surface area contributed by atoms with Crippen LogP contribution in [0.4, 0.5) is 0 Å². The highest BCUT2D eigenvalue weighted by molar-refractivity contribution is 5.81. The van der Waals surface area contributed by atoms with E-state index in [9.17, 15) is 4.79 Å². The molecule has 4 heteroatoms. The maximum Gasteiger partial charge on any atom is 0.236 e. The fraction of sp³-hybridized carbons (Fsp3) is 0.571. The maximum absolute atomic E-state index is 11.8. The summed E-state index contributed by atoms with van der Waals surface area (Å²) in [7, 11) is 0. The molecule has 18 heavy (non-hydrogen) atoms. The smallest absolute Gasteiger partial charge is 0.236 e. The minimum Gasteiger partial charge on any atom is -0.354 e. The van der Waals surface area contributed by atoms with Crippen LogP contribution >= 0.6 is 0 Å². The maximum atomic E-state index is 11.8. The number of amides is 1. The zero-order valence-corrected chi connectivity index (χ0v) is 11.6. The average Bonchev–Trinajstić information content (AvgIpc) is 2.36. The van der Waals surface area contributed by atoms with Crippen molar-refractivity contribution in [2.24, 2.45) is 5.92 Å². The third-order valence-corrected chi connectivity index (χ3v) is 2.78. The molecular formula is C14H23N3O. The molecule has 0 saturated carbocycles. The first-order valence-electron chi connectivity index (χ1n) is 6.44. The van der Waals surface area contributed by atoms with Gasteiger partial charge in [-0.15, -0.1) is 0 Å². The van der Waals surface area contributed by atoms with Gasteiger partial charge in [0.1, 0.15) is 0 Å². The van der Waals surface area contributed by atoms with Gasteiger partial charge in [0, 0.05) is 25.0 Å². The highest BCUT2D eigenvalue weighted by Crippen LogP contribution is 2.10. The van der Waals surface area contributed by atoms with Crippen molar-refractivity contribution < 1.29 is 4.79 Å². The van der Waals surface area contributed by atoms with E-state index in [1.807, 2.05) is 26.0 Å². The molecule has 0 aromatic carbocycles. The van der Waals surface area contributed by atoms with Crippen molar-refractivity contribution in [1.82, 2.24) is 15.6 Å². The van der Waals surface area contributed by atoms with Crippen LogP contribution in [0.5, 0.6) is 0 Å². The molecule has 0 saturated heterocycles. The standard InChI is InChI=1S/C14H23N3O/c1-10(2)9-16-14(18)12(4)17-11(3)13-5-7-15-8-6-13/h5-8,10-12,17H,9H2,1-4H3,(H,16,18)/t11-,12?/m0/s1. The Balaban J connectivity index is 2.44. The summed E-state index contributed by atoms with van der Waals surface area (Å²) < 4.78 is 0. The number of carbonyl (C=O) groups excluding carboxylic acids is 1. The summed E-state index contributed by atoms with van der Waals surface area (Å²) in [6.45, 7) is 8.80. The number of pyridine rings is 1. The van der Waals surface area contributed by atoms with Gasteiger partial charge < -0.3 is 5.32 Å². The molecule has 1 unspecified atom stereocenters. The first-order valence-corrected chi connectivity index (χ1v) is 6.44. The Morgan fingerprint density at radius 3 is 2.39 bits per heavy atom. The fourth-order valence-electron chi connectivity index (χ4n) is 1.66. The van der Waals surface area contributed by atoms with Gasteiger partial charge in [-0.3, -0.25) is 15.1 Å². The number of hydrogen-bond acceptors (Lipinski definition) is 3. The monoisotopic (exact) mass is 249 g/mol. The second-order valence-electron chi connectivity index (χ2n) is 5.03. The number of nitrogens with one attached hydrogen (secondary N) is 2. The zero-order valence-electron chi connectivity index (χ0n) is 11.6. The Morgan fingerprint density at radius 1 is 1.22 bits per heavy atom. The van der Waals surface area contributed by atoms with E-state index < -0.39 is 0 Å². The van der Waals surface area contributed by atoms with E-state index in [2.05, 4.69) is 29.5 Å². The summed E-state index contributed by atoms with van der Waals surface area (Å²) in [5.41, 5.74) is 1.13. The van der Waals surface area contributed by atoms with E-state index in [0.29, 0.717) is 12.5 Å². The Hall–Kier alpha value is -1.42. The molecule has 0 fully saturated rings. The van der Waals surface area contributed by atoms with Crippen LogP contribution in [0.2, 0.25) is 0 Å². The van der Waals surface area contributed by atoms with Gasteiger partial charge >= 0.3 is 0 Å². The predicted molar refractivity (Wildman–Crippen MR) is 73.1 cm³/mol.